The van der Waals surface area contributed by atoms with Gasteiger partial charge in [0.25, 0.3) is 0 Å². The summed E-state index contributed by atoms with van der Waals surface area (Å²) >= 11 is 0. The summed E-state index contributed by atoms with van der Waals surface area (Å²) in [7, 11) is 0. The number of rotatable bonds is 12. The molecule has 6 heteroatoms. The maximum atomic E-state index is 9.36. The van der Waals surface area contributed by atoms with Crippen molar-refractivity contribution in [2.24, 2.45) is 0 Å². The van der Waals surface area contributed by atoms with Gasteiger partial charge in [0.05, 0.1) is 13.2 Å². The van der Waals surface area contributed by atoms with Crippen LogP contribution in [0.5, 0.6) is 11.5 Å². The second-order valence-electron chi connectivity index (χ2n) is 4.83. The third-order valence-corrected chi connectivity index (χ3v) is 3.14. The standard InChI is InChI=1S/C18H24N2O4/c1-3-21-9-5-11-23-17-7-8-18(16(14-20)15(17)13-19)24-12-6-10-22-4-2/h7-8H,3-6,9-12H2,1-2H3. The first-order valence-corrected chi connectivity index (χ1v) is 8.16. The Labute approximate surface area is 143 Å². The van der Waals surface area contributed by atoms with Crippen LogP contribution in [0.2, 0.25) is 0 Å². The van der Waals surface area contributed by atoms with E-state index in [0.717, 1.165) is 12.8 Å². The quantitative estimate of drug-likeness (QED) is 0.547. The predicted octanol–water partition coefficient (Wildman–Crippen LogP) is 3.04. The lowest BCUT2D eigenvalue weighted by Crippen LogP contribution is -2.07. The van der Waals surface area contributed by atoms with Crippen molar-refractivity contribution in [1.82, 2.24) is 0 Å². The fraction of sp³-hybridized carbons (Fsp3) is 0.556. The summed E-state index contributed by atoms with van der Waals surface area (Å²) in [4.78, 5) is 0. The van der Waals surface area contributed by atoms with Gasteiger partial charge in [-0.2, -0.15) is 10.5 Å². The second-order valence-corrected chi connectivity index (χ2v) is 4.83. The highest BCUT2D eigenvalue weighted by Gasteiger charge is 2.15. The molecule has 24 heavy (non-hydrogen) atoms. The Morgan fingerprint density at radius 2 is 1.17 bits per heavy atom. The van der Waals surface area contributed by atoms with E-state index in [-0.39, 0.29) is 11.1 Å². The molecule has 0 saturated heterocycles. The molecule has 0 bridgehead atoms. The molecule has 0 radical (unpaired) electrons. The van der Waals surface area contributed by atoms with E-state index in [1.54, 1.807) is 12.1 Å². The zero-order valence-electron chi connectivity index (χ0n) is 14.3. The van der Waals surface area contributed by atoms with Crippen LogP contribution in [0.3, 0.4) is 0 Å². The minimum Gasteiger partial charge on any atom is -0.492 e. The van der Waals surface area contributed by atoms with Gasteiger partial charge < -0.3 is 18.9 Å². The fourth-order valence-corrected chi connectivity index (χ4v) is 2.00. The average molecular weight is 332 g/mol. The topological polar surface area (TPSA) is 84.5 Å². The van der Waals surface area contributed by atoms with Gasteiger partial charge in [0.15, 0.2) is 0 Å². The van der Waals surface area contributed by atoms with Gasteiger partial charge in [0.2, 0.25) is 0 Å². The summed E-state index contributed by atoms with van der Waals surface area (Å²) in [6.45, 7) is 7.24. The Balaban J connectivity index is 2.69. The molecule has 0 N–H and O–H groups in total. The molecule has 1 rings (SSSR count). The molecule has 0 unspecified atom stereocenters. The molecule has 0 saturated carbocycles. The molecule has 0 aliphatic heterocycles. The van der Waals surface area contributed by atoms with Crippen molar-refractivity contribution in [2.75, 3.05) is 39.6 Å². The Hall–Kier alpha value is -2.28. The summed E-state index contributed by atoms with van der Waals surface area (Å²) in [6.07, 6.45) is 1.44. The van der Waals surface area contributed by atoms with Crippen molar-refractivity contribution in [3.63, 3.8) is 0 Å². The molecular formula is C18H24N2O4. The largest absolute Gasteiger partial charge is 0.492 e. The van der Waals surface area contributed by atoms with Crippen LogP contribution >= 0.6 is 0 Å². The first-order valence-electron chi connectivity index (χ1n) is 8.16. The van der Waals surface area contributed by atoms with Crippen LogP contribution in [0.25, 0.3) is 0 Å². The fourth-order valence-electron chi connectivity index (χ4n) is 2.00. The number of hydrogen-bond donors (Lipinski definition) is 0. The summed E-state index contributed by atoms with van der Waals surface area (Å²) in [5, 5.41) is 18.7. The molecule has 1 aromatic carbocycles. The van der Waals surface area contributed by atoms with Gasteiger partial charge in [0.1, 0.15) is 34.8 Å². The number of ether oxygens (including phenoxy) is 4. The van der Waals surface area contributed by atoms with Gasteiger partial charge in [-0.1, -0.05) is 0 Å². The third kappa shape index (κ3) is 6.45. The summed E-state index contributed by atoms with van der Waals surface area (Å²) < 4.78 is 21.7. The van der Waals surface area contributed by atoms with Crippen molar-refractivity contribution in [3.05, 3.63) is 23.3 Å². The summed E-state index contributed by atoms with van der Waals surface area (Å²) in [6, 6.07) is 7.40. The zero-order chi connectivity index (χ0) is 17.6. The van der Waals surface area contributed by atoms with Crippen LogP contribution in [-0.4, -0.2) is 39.6 Å². The third-order valence-electron chi connectivity index (χ3n) is 3.14. The molecule has 0 spiro atoms. The molecule has 1 aromatic rings. The van der Waals surface area contributed by atoms with Crippen LogP contribution < -0.4 is 9.47 Å². The van der Waals surface area contributed by atoms with Crippen LogP contribution in [0.1, 0.15) is 37.8 Å². The van der Waals surface area contributed by atoms with Crippen LogP contribution in [-0.2, 0) is 9.47 Å². The van der Waals surface area contributed by atoms with E-state index in [1.807, 2.05) is 26.0 Å². The number of hydrogen-bond acceptors (Lipinski definition) is 6. The number of nitriles is 2. The molecule has 0 atom stereocenters. The van der Waals surface area contributed by atoms with E-state index in [2.05, 4.69) is 0 Å². The molecule has 6 nitrogen and oxygen atoms in total. The Morgan fingerprint density at radius 1 is 0.750 bits per heavy atom. The lowest BCUT2D eigenvalue weighted by Gasteiger charge is -2.13. The minimum absolute atomic E-state index is 0.205. The van der Waals surface area contributed by atoms with Gasteiger partial charge in [-0.15, -0.1) is 0 Å². The maximum absolute atomic E-state index is 9.36. The van der Waals surface area contributed by atoms with Gasteiger partial charge in [0, 0.05) is 39.3 Å². The van der Waals surface area contributed by atoms with Crippen molar-refractivity contribution in [1.29, 1.82) is 10.5 Å². The van der Waals surface area contributed by atoms with E-state index >= 15 is 0 Å². The Morgan fingerprint density at radius 3 is 1.50 bits per heavy atom. The highest BCUT2D eigenvalue weighted by molar-refractivity contribution is 5.60. The van der Waals surface area contributed by atoms with Crippen molar-refractivity contribution in [2.45, 2.75) is 26.7 Å². The monoisotopic (exact) mass is 332 g/mol. The predicted molar refractivity (Wildman–Crippen MR) is 89.1 cm³/mol. The normalized spacial score (nSPS) is 10.0. The van der Waals surface area contributed by atoms with Crippen molar-refractivity contribution >= 4 is 0 Å². The molecule has 0 heterocycles. The highest BCUT2D eigenvalue weighted by atomic mass is 16.5. The molecular weight excluding hydrogens is 308 g/mol. The van der Waals surface area contributed by atoms with Gasteiger partial charge in [-0.3, -0.25) is 0 Å². The first kappa shape index (κ1) is 19.8. The minimum atomic E-state index is 0.205. The van der Waals surface area contributed by atoms with Crippen LogP contribution in [0.15, 0.2) is 12.1 Å². The van der Waals surface area contributed by atoms with Gasteiger partial charge in [-0.25, -0.2) is 0 Å². The van der Waals surface area contributed by atoms with Gasteiger partial charge in [-0.05, 0) is 26.0 Å². The lowest BCUT2D eigenvalue weighted by molar-refractivity contribution is 0.130. The SMILES string of the molecule is CCOCCCOc1ccc(OCCCOCC)c(C#N)c1C#N. The van der Waals surface area contributed by atoms with Gasteiger partial charge >= 0.3 is 0 Å². The number of benzene rings is 1. The number of nitrogens with zero attached hydrogens (tertiary/aromatic N) is 2. The maximum Gasteiger partial charge on any atom is 0.138 e. The zero-order valence-corrected chi connectivity index (χ0v) is 14.3. The van der Waals surface area contributed by atoms with Crippen LogP contribution in [0.4, 0.5) is 0 Å². The van der Waals surface area contributed by atoms with E-state index in [0.29, 0.717) is 51.1 Å². The average Bonchev–Trinajstić information content (AvgIpc) is 2.61. The summed E-state index contributed by atoms with van der Waals surface area (Å²) in [5.74, 6) is 0.791. The van der Waals surface area contributed by atoms with E-state index < -0.39 is 0 Å². The van der Waals surface area contributed by atoms with E-state index in [9.17, 15) is 10.5 Å². The Bertz CT molecular complexity index is 525. The molecule has 0 aliphatic carbocycles. The first-order chi connectivity index (χ1) is 11.8. The summed E-state index contributed by atoms with van der Waals surface area (Å²) in [5.41, 5.74) is 0.410. The lowest BCUT2D eigenvalue weighted by atomic mass is 10.1. The molecule has 130 valence electrons. The van der Waals surface area contributed by atoms with Crippen LogP contribution in [0, 0.1) is 22.7 Å². The van der Waals surface area contributed by atoms with E-state index in [4.69, 9.17) is 18.9 Å². The highest BCUT2D eigenvalue weighted by Crippen LogP contribution is 2.29. The Kier molecular flexibility index (Phi) is 10.0. The van der Waals surface area contributed by atoms with Crippen molar-refractivity contribution < 1.29 is 18.9 Å². The van der Waals surface area contributed by atoms with Crippen molar-refractivity contribution in [3.8, 4) is 23.6 Å². The molecule has 0 fully saturated rings. The molecule has 0 aromatic heterocycles. The van der Waals surface area contributed by atoms with E-state index in [1.165, 1.54) is 0 Å². The second kappa shape index (κ2) is 12.2. The molecule has 0 aliphatic rings. The smallest absolute Gasteiger partial charge is 0.138 e. The molecule has 0 amide bonds.